The van der Waals surface area contributed by atoms with Crippen molar-refractivity contribution in [1.29, 1.82) is 0 Å². The minimum Gasteiger partial charge on any atom is -0.127 e. The van der Waals surface area contributed by atoms with Gasteiger partial charge in [0.05, 0.1) is 0 Å². The molecule has 1 aliphatic heterocycles. The van der Waals surface area contributed by atoms with Crippen LogP contribution in [0.3, 0.4) is 0 Å². The quantitative estimate of drug-likeness (QED) is 0.471. The summed E-state index contributed by atoms with van der Waals surface area (Å²) in [6, 6.07) is 14.5. The molecule has 0 aliphatic carbocycles. The van der Waals surface area contributed by atoms with Gasteiger partial charge in [0.2, 0.25) is 0 Å². The van der Waals surface area contributed by atoms with Gasteiger partial charge >= 0.3 is 0 Å². The maximum atomic E-state index is 5.73. The molecule has 0 saturated heterocycles. The van der Waals surface area contributed by atoms with Gasteiger partial charge < -0.3 is 0 Å². The van der Waals surface area contributed by atoms with Crippen molar-refractivity contribution in [1.82, 2.24) is 0 Å². The van der Waals surface area contributed by atoms with Gasteiger partial charge in [-0.25, -0.2) is 0 Å². The second-order valence-corrected chi connectivity index (χ2v) is 6.50. The van der Waals surface area contributed by atoms with E-state index in [1.54, 1.807) is 0 Å². The fourth-order valence-electron chi connectivity index (χ4n) is 2.56. The Balaban J connectivity index is 2.41. The summed E-state index contributed by atoms with van der Waals surface area (Å²) in [5.41, 5.74) is 6.47. The first-order valence-electron chi connectivity index (χ1n) is 5.51. The average Bonchev–Trinajstić information content (AvgIpc) is 2.72. The first-order chi connectivity index (χ1) is 8.36. The van der Waals surface area contributed by atoms with E-state index in [1.165, 1.54) is 21.5 Å². The molecule has 1 unspecified atom stereocenters. The molecule has 3 rings (SSSR count). The Kier molecular flexibility index (Phi) is 2.15. The first kappa shape index (κ1) is 9.96. The number of fused-ring (bicyclic) bond motifs is 3. The highest BCUT2D eigenvalue weighted by molar-refractivity contribution is 6.95. The lowest BCUT2D eigenvalue weighted by Crippen LogP contribution is -2.38. The maximum Gasteiger partial charge on any atom is 0.185 e. The van der Waals surface area contributed by atoms with Crippen LogP contribution < -0.4 is 10.4 Å². The molecule has 1 heterocycles. The molecule has 0 radical (unpaired) electrons. The molecule has 78 valence electrons. The van der Waals surface area contributed by atoms with Crippen molar-refractivity contribution < 1.29 is 0 Å². The van der Waals surface area contributed by atoms with Crippen molar-refractivity contribution in [3.63, 3.8) is 0 Å². The number of terminal acetylenes is 2. The van der Waals surface area contributed by atoms with Crippen molar-refractivity contribution in [2.75, 3.05) is 0 Å². The van der Waals surface area contributed by atoms with E-state index < -0.39 is 8.80 Å². The van der Waals surface area contributed by atoms with Gasteiger partial charge in [0.25, 0.3) is 0 Å². The van der Waals surface area contributed by atoms with Gasteiger partial charge in [-0.05, 0) is 27.6 Å². The lowest BCUT2D eigenvalue weighted by Gasteiger charge is -2.05. The number of hydrogen-bond donors (Lipinski definition) is 0. The van der Waals surface area contributed by atoms with Crippen LogP contribution in [0.4, 0.5) is 0 Å². The summed E-state index contributed by atoms with van der Waals surface area (Å²) < 4.78 is 0. The molecule has 2 aromatic carbocycles. The Morgan fingerprint density at radius 3 is 2.41 bits per heavy atom. The van der Waals surface area contributed by atoms with E-state index in [0.29, 0.717) is 0 Å². The van der Waals surface area contributed by atoms with E-state index >= 15 is 0 Å². The number of rotatable bonds is 0. The van der Waals surface area contributed by atoms with Crippen LogP contribution in [0.1, 0.15) is 5.56 Å². The molecule has 0 spiro atoms. The summed E-state index contributed by atoms with van der Waals surface area (Å²) >= 11 is 0. The van der Waals surface area contributed by atoms with E-state index in [2.05, 4.69) is 41.8 Å². The molecule has 0 amide bonds. The topological polar surface area (TPSA) is 0 Å². The van der Waals surface area contributed by atoms with Crippen LogP contribution in [0.15, 0.2) is 42.5 Å². The van der Waals surface area contributed by atoms with Gasteiger partial charge in [-0.1, -0.05) is 42.3 Å². The predicted molar refractivity (Wildman–Crippen MR) is 75.1 cm³/mol. The summed E-state index contributed by atoms with van der Waals surface area (Å²) in [7, 11) is -1.53. The average molecular weight is 230 g/mol. The largest absolute Gasteiger partial charge is 0.185 e. The molecule has 0 saturated carbocycles. The van der Waals surface area contributed by atoms with Gasteiger partial charge in [0.1, 0.15) is 0 Å². The summed E-state index contributed by atoms with van der Waals surface area (Å²) in [6.07, 6.45) is 11.3. The van der Waals surface area contributed by atoms with Gasteiger partial charge in [0, 0.05) is 5.56 Å². The fourth-order valence-corrected chi connectivity index (χ4v) is 5.14. The van der Waals surface area contributed by atoms with Crippen molar-refractivity contribution in [3.8, 4) is 35.4 Å². The molecule has 1 aliphatic rings. The van der Waals surface area contributed by atoms with Crippen LogP contribution in [0, 0.1) is 24.3 Å². The molecular weight excluding hydrogens is 220 g/mol. The molecular formula is C16H10Si. The summed E-state index contributed by atoms with van der Waals surface area (Å²) in [6.45, 7) is 0. The Morgan fingerprint density at radius 1 is 0.882 bits per heavy atom. The standard InChI is InChI=1S/C16H10Si/c1-3-12-8-7-10-14-13-9-5-6-11-15(13)17(4-2)16(12)14/h1-2,5-11,17H. The zero-order chi connectivity index (χ0) is 11.8. The zero-order valence-electron chi connectivity index (χ0n) is 9.27. The Bertz CT molecular complexity index is 683. The summed E-state index contributed by atoms with van der Waals surface area (Å²) in [5, 5.41) is 2.58. The third-order valence-electron chi connectivity index (χ3n) is 3.28. The highest BCUT2D eigenvalue weighted by Crippen LogP contribution is 2.23. The Hall–Kier alpha value is -2.22. The van der Waals surface area contributed by atoms with Gasteiger partial charge in [-0.3, -0.25) is 0 Å². The molecule has 17 heavy (non-hydrogen) atoms. The zero-order valence-corrected chi connectivity index (χ0v) is 10.4. The van der Waals surface area contributed by atoms with E-state index in [0.717, 1.165) is 5.56 Å². The van der Waals surface area contributed by atoms with E-state index in [9.17, 15) is 0 Å². The van der Waals surface area contributed by atoms with Crippen molar-refractivity contribution >= 4 is 19.2 Å². The molecule has 0 nitrogen and oxygen atoms in total. The molecule has 1 heteroatoms. The highest BCUT2D eigenvalue weighted by atomic mass is 28.3. The minimum atomic E-state index is -1.53. The monoisotopic (exact) mass is 230 g/mol. The van der Waals surface area contributed by atoms with Crippen LogP contribution in [0.25, 0.3) is 11.1 Å². The maximum absolute atomic E-state index is 5.73. The van der Waals surface area contributed by atoms with E-state index in [-0.39, 0.29) is 0 Å². The Morgan fingerprint density at radius 2 is 1.65 bits per heavy atom. The van der Waals surface area contributed by atoms with Crippen molar-refractivity contribution in [2.24, 2.45) is 0 Å². The Labute approximate surface area is 103 Å². The molecule has 0 N–H and O–H groups in total. The van der Waals surface area contributed by atoms with Gasteiger partial charge in [-0.2, -0.15) is 0 Å². The summed E-state index contributed by atoms with van der Waals surface area (Å²) in [5.74, 6) is 2.77. The van der Waals surface area contributed by atoms with Crippen molar-refractivity contribution in [2.45, 2.75) is 0 Å². The second kappa shape index (κ2) is 3.66. The van der Waals surface area contributed by atoms with E-state index in [4.69, 9.17) is 12.8 Å². The smallest absolute Gasteiger partial charge is 0.127 e. The van der Waals surface area contributed by atoms with Gasteiger partial charge in [-0.15, -0.1) is 18.4 Å². The SMILES string of the molecule is C#Cc1cccc2c1[SiH](C#C)c1ccccc1-2. The normalized spacial score (nSPS) is 15.5. The third kappa shape index (κ3) is 1.27. The fraction of sp³-hybridized carbons (Fsp3) is 0. The molecule has 0 aromatic heterocycles. The lowest BCUT2D eigenvalue weighted by molar-refractivity contribution is 1.68. The first-order valence-corrected chi connectivity index (χ1v) is 7.25. The van der Waals surface area contributed by atoms with Crippen LogP contribution in [0.5, 0.6) is 0 Å². The predicted octanol–water partition coefficient (Wildman–Crippen LogP) is 1.16. The number of benzene rings is 2. The molecule has 0 fully saturated rings. The number of hydrogen-bond acceptors (Lipinski definition) is 0. The lowest BCUT2D eigenvalue weighted by atomic mass is 10.0. The van der Waals surface area contributed by atoms with Crippen LogP contribution in [-0.4, -0.2) is 8.80 Å². The van der Waals surface area contributed by atoms with Crippen LogP contribution in [0.2, 0.25) is 0 Å². The minimum absolute atomic E-state index is 0.966. The van der Waals surface area contributed by atoms with Gasteiger partial charge in [0.15, 0.2) is 8.80 Å². The molecule has 0 bridgehead atoms. The molecule has 1 atom stereocenters. The van der Waals surface area contributed by atoms with Crippen molar-refractivity contribution in [3.05, 3.63) is 48.0 Å². The van der Waals surface area contributed by atoms with E-state index in [1.807, 2.05) is 12.1 Å². The second-order valence-electron chi connectivity index (χ2n) is 4.10. The van der Waals surface area contributed by atoms with Crippen LogP contribution >= 0.6 is 0 Å². The summed E-state index contributed by atoms with van der Waals surface area (Å²) in [4.78, 5) is 0. The molecule has 2 aromatic rings. The third-order valence-corrected chi connectivity index (χ3v) is 5.94. The van der Waals surface area contributed by atoms with Crippen LogP contribution in [-0.2, 0) is 0 Å². The highest BCUT2D eigenvalue weighted by Gasteiger charge is 2.30.